The Morgan fingerprint density at radius 3 is 3.25 bits per heavy atom. The van der Waals surface area contributed by atoms with Crippen molar-refractivity contribution in [2.75, 3.05) is 11.9 Å². The van der Waals surface area contributed by atoms with Gasteiger partial charge in [0, 0.05) is 23.4 Å². The van der Waals surface area contributed by atoms with E-state index in [-0.39, 0.29) is 0 Å². The van der Waals surface area contributed by atoms with E-state index >= 15 is 0 Å². The summed E-state index contributed by atoms with van der Waals surface area (Å²) < 4.78 is 5.37. The highest BCUT2D eigenvalue weighted by Crippen LogP contribution is 2.35. The fraction of sp³-hybridized carbons (Fsp3) is 0.308. The van der Waals surface area contributed by atoms with Gasteiger partial charge in [0.25, 0.3) is 0 Å². The molecule has 0 radical (unpaired) electrons. The molecule has 1 aromatic heterocycles. The molecule has 1 aromatic carbocycles. The molecule has 0 spiro atoms. The van der Waals surface area contributed by atoms with E-state index in [0.29, 0.717) is 0 Å². The number of benzene rings is 1. The van der Waals surface area contributed by atoms with Gasteiger partial charge in [-0.25, -0.2) is 0 Å². The van der Waals surface area contributed by atoms with Gasteiger partial charge in [-0.2, -0.15) is 0 Å². The summed E-state index contributed by atoms with van der Waals surface area (Å²) in [6.45, 7) is 3.11. The Labute approximate surface area is 94.5 Å². The second kappa shape index (κ2) is 3.67. The SMILES string of the molecule is CCc1cccc2c1NCCc1cnoc1-2. The average Bonchev–Trinajstić information content (AvgIpc) is 2.71. The first-order valence-electron chi connectivity index (χ1n) is 5.70. The molecule has 82 valence electrons. The first-order valence-corrected chi connectivity index (χ1v) is 5.70. The van der Waals surface area contributed by atoms with Crippen LogP contribution in [0.2, 0.25) is 0 Å². The molecule has 1 aliphatic rings. The van der Waals surface area contributed by atoms with E-state index in [2.05, 4.69) is 35.6 Å². The van der Waals surface area contributed by atoms with Crippen LogP contribution in [0.15, 0.2) is 28.9 Å². The minimum Gasteiger partial charge on any atom is -0.384 e. The molecule has 0 atom stereocenters. The van der Waals surface area contributed by atoms with Gasteiger partial charge < -0.3 is 9.84 Å². The predicted molar refractivity (Wildman–Crippen MR) is 63.5 cm³/mol. The molecule has 0 amide bonds. The fourth-order valence-electron chi connectivity index (χ4n) is 2.28. The van der Waals surface area contributed by atoms with Crippen LogP contribution in [0.1, 0.15) is 18.1 Å². The van der Waals surface area contributed by atoms with E-state index in [9.17, 15) is 0 Å². The summed E-state index contributed by atoms with van der Waals surface area (Å²) in [5.74, 6) is 0.926. The Balaban J connectivity index is 2.25. The summed E-state index contributed by atoms with van der Waals surface area (Å²) >= 11 is 0. The summed E-state index contributed by atoms with van der Waals surface area (Å²) in [5, 5.41) is 7.39. The molecule has 0 unspecified atom stereocenters. The zero-order valence-corrected chi connectivity index (χ0v) is 9.29. The zero-order valence-electron chi connectivity index (χ0n) is 9.29. The summed E-state index contributed by atoms with van der Waals surface area (Å²) in [5.41, 5.74) is 4.88. The number of rotatable bonds is 1. The Hall–Kier alpha value is -1.77. The number of fused-ring (bicyclic) bond motifs is 3. The van der Waals surface area contributed by atoms with Crippen molar-refractivity contribution in [3.05, 3.63) is 35.5 Å². The van der Waals surface area contributed by atoms with Crippen molar-refractivity contribution in [2.24, 2.45) is 0 Å². The van der Waals surface area contributed by atoms with E-state index in [1.165, 1.54) is 16.8 Å². The van der Waals surface area contributed by atoms with Gasteiger partial charge in [-0.15, -0.1) is 0 Å². The topological polar surface area (TPSA) is 38.1 Å². The molecular formula is C13H14N2O. The Kier molecular flexibility index (Phi) is 2.17. The lowest BCUT2D eigenvalue weighted by Crippen LogP contribution is -2.04. The predicted octanol–water partition coefficient (Wildman–Crippen LogP) is 2.87. The summed E-state index contributed by atoms with van der Waals surface area (Å²) in [6, 6.07) is 6.33. The number of nitrogens with one attached hydrogen (secondary N) is 1. The molecule has 1 N–H and O–H groups in total. The zero-order chi connectivity index (χ0) is 11.0. The maximum atomic E-state index is 5.37. The van der Waals surface area contributed by atoms with E-state index in [1.54, 1.807) is 0 Å². The largest absolute Gasteiger partial charge is 0.384 e. The molecule has 0 bridgehead atoms. The number of hydrogen-bond acceptors (Lipinski definition) is 3. The quantitative estimate of drug-likeness (QED) is 0.793. The first-order chi connectivity index (χ1) is 7.90. The number of aryl methyl sites for hydroxylation is 1. The van der Waals surface area contributed by atoms with E-state index in [0.717, 1.165) is 30.7 Å². The Bertz CT molecular complexity index is 516. The summed E-state index contributed by atoms with van der Waals surface area (Å²) in [6.07, 6.45) is 3.82. The summed E-state index contributed by atoms with van der Waals surface area (Å²) in [4.78, 5) is 0. The normalized spacial score (nSPS) is 13.6. The molecular weight excluding hydrogens is 200 g/mol. The van der Waals surface area contributed by atoms with Crippen LogP contribution in [-0.2, 0) is 12.8 Å². The number of hydrogen-bond donors (Lipinski definition) is 1. The third-order valence-corrected chi connectivity index (χ3v) is 3.12. The third kappa shape index (κ3) is 1.32. The van der Waals surface area contributed by atoms with Crippen LogP contribution in [-0.4, -0.2) is 11.7 Å². The molecule has 1 aliphatic heterocycles. The van der Waals surface area contributed by atoms with Gasteiger partial charge in [0.05, 0.1) is 6.20 Å². The van der Waals surface area contributed by atoms with Crippen LogP contribution in [0.5, 0.6) is 0 Å². The van der Waals surface area contributed by atoms with Crippen LogP contribution in [0, 0.1) is 0 Å². The highest BCUT2D eigenvalue weighted by atomic mass is 16.5. The van der Waals surface area contributed by atoms with Crippen molar-refractivity contribution < 1.29 is 4.52 Å². The minimum absolute atomic E-state index is 0.926. The molecule has 2 heterocycles. The monoisotopic (exact) mass is 214 g/mol. The molecule has 16 heavy (non-hydrogen) atoms. The molecule has 3 heteroatoms. The van der Waals surface area contributed by atoms with E-state index < -0.39 is 0 Å². The lowest BCUT2D eigenvalue weighted by Gasteiger charge is -2.11. The lowest BCUT2D eigenvalue weighted by atomic mass is 10.0. The fourth-order valence-corrected chi connectivity index (χ4v) is 2.28. The van der Waals surface area contributed by atoms with Crippen LogP contribution < -0.4 is 5.32 Å². The number of nitrogens with zero attached hydrogens (tertiary/aromatic N) is 1. The van der Waals surface area contributed by atoms with Crippen molar-refractivity contribution in [3.8, 4) is 11.3 Å². The number of anilines is 1. The second-order valence-electron chi connectivity index (χ2n) is 4.05. The maximum Gasteiger partial charge on any atom is 0.172 e. The maximum absolute atomic E-state index is 5.37. The molecule has 0 fully saturated rings. The van der Waals surface area contributed by atoms with Crippen molar-refractivity contribution in [3.63, 3.8) is 0 Å². The van der Waals surface area contributed by atoms with Crippen molar-refractivity contribution >= 4 is 5.69 Å². The third-order valence-electron chi connectivity index (χ3n) is 3.12. The molecule has 3 rings (SSSR count). The molecule has 0 saturated heterocycles. The van der Waals surface area contributed by atoms with Gasteiger partial charge in [0.1, 0.15) is 0 Å². The summed E-state index contributed by atoms with van der Waals surface area (Å²) in [7, 11) is 0. The van der Waals surface area contributed by atoms with Crippen molar-refractivity contribution in [1.82, 2.24) is 5.16 Å². The highest BCUT2D eigenvalue weighted by molar-refractivity contribution is 5.79. The average molecular weight is 214 g/mol. The van der Waals surface area contributed by atoms with E-state index in [4.69, 9.17) is 4.52 Å². The lowest BCUT2D eigenvalue weighted by molar-refractivity contribution is 0.432. The minimum atomic E-state index is 0.926. The van der Waals surface area contributed by atoms with Gasteiger partial charge in [-0.3, -0.25) is 0 Å². The van der Waals surface area contributed by atoms with Gasteiger partial charge in [0.15, 0.2) is 5.76 Å². The van der Waals surface area contributed by atoms with Gasteiger partial charge in [-0.05, 0) is 24.5 Å². The Morgan fingerprint density at radius 2 is 2.38 bits per heavy atom. The number of aromatic nitrogens is 1. The van der Waals surface area contributed by atoms with Gasteiger partial charge in [0.2, 0.25) is 0 Å². The van der Waals surface area contributed by atoms with E-state index in [1.807, 2.05) is 6.20 Å². The van der Waals surface area contributed by atoms with Crippen molar-refractivity contribution in [1.29, 1.82) is 0 Å². The smallest absolute Gasteiger partial charge is 0.172 e. The van der Waals surface area contributed by atoms with Gasteiger partial charge >= 0.3 is 0 Å². The molecule has 3 nitrogen and oxygen atoms in total. The number of para-hydroxylation sites is 1. The second-order valence-corrected chi connectivity index (χ2v) is 4.05. The molecule has 0 aliphatic carbocycles. The molecule has 2 aromatic rings. The Morgan fingerprint density at radius 1 is 1.44 bits per heavy atom. The van der Waals surface area contributed by atoms with Crippen LogP contribution >= 0.6 is 0 Å². The highest BCUT2D eigenvalue weighted by Gasteiger charge is 2.19. The van der Waals surface area contributed by atoms with Gasteiger partial charge in [-0.1, -0.05) is 24.2 Å². The standard InChI is InChI=1S/C13H14N2O/c1-2-9-4-3-5-11-12(9)14-7-6-10-8-15-16-13(10)11/h3-5,8,14H,2,6-7H2,1H3. The van der Waals surface area contributed by atoms with Crippen molar-refractivity contribution in [2.45, 2.75) is 19.8 Å². The van der Waals surface area contributed by atoms with Crippen LogP contribution in [0.25, 0.3) is 11.3 Å². The first kappa shape index (κ1) is 9.46. The molecule has 0 saturated carbocycles. The van der Waals surface area contributed by atoms with Crippen LogP contribution in [0.3, 0.4) is 0 Å². The van der Waals surface area contributed by atoms with Crippen LogP contribution in [0.4, 0.5) is 5.69 Å².